The Morgan fingerprint density at radius 3 is 1.71 bits per heavy atom. The molecule has 0 fully saturated rings. The van der Waals surface area contributed by atoms with E-state index < -0.39 is 0 Å². The van der Waals surface area contributed by atoms with Gasteiger partial charge < -0.3 is 15.2 Å². The number of nitrogens with two attached hydrogens (primary N) is 1. The summed E-state index contributed by atoms with van der Waals surface area (Å²) in [5, 5.41) is 0. The fourth-order valence-corrected chi connectivity index (χ4v) is 3.00. The highest BCUT2D eigenvalue weighted by molar-refractivity contribution is 5.46. The van der Waals surface area contributed by atoms with Crippen LogP contribution < -0.4 is 15.2 Å². The van der Waals surface area contributed by atoms with Gasteiger partial charge in [-0.1, -0.05) is 54.6 Å². The van der Waals surface area contributed by atoms with Gasteiger partial charge in [0.2, 0.25) is 0 Å². The highest BCUT2D eigenvalue weighted by Gasteiger charge is 2.04. The summed E-state index contributed by atoms with van der Waals surface area (Å²) in [6.07, 6.45) is 0.872. The molecule has 0 bridgehead atoms. The van der Waals surface area contributed by atoms with Crippen LogP contribution in [0, 0.1) is 0 Å². The average molecular weight is 367 g/mol. The van der Waals surface area contributed by atoms with Gasteiger partial charge in [0.15, 0.2) is 0 Å². The maximum Gasteiger partial charge on any atom is 0.131 e. The summed E-state index contributed by atoms with van der Waals surface area (Å²) < 4.78 is 11.9. The van der Waals surface area contributed by atoms with Crippen LogP contribution in [0.1, 0.15) is 11.1 Å². The molecule has 0 atom stereocenters. The summed E-state index contributed by atoms with van der Waals surface area (Å²) in [6, 6.07) is 33.5. The van der Waals surface area contributed by atoms with E-state index in [2.05, 4.69) is 36.4 Å². The van der Waals surface area contributed by atoms with Gasteiger partial charge in [-0.05, 0) is 53.9 Å². The van der Waals surface area contributed by atoms with Gasteiger partial charge in [0.1, 0.15) is 23.0 Å². The van der Waals surface area contributed by atoms with Gasteiger partial charge in [0, 0.05) is 17.8 Å². The van der Waals surface area contributed by atoms with Crippen molar-refractivity contribution in [2.45, 2.75) is 6.42 Å². The van der Waals surface area contributed by atoms with Crippen molar-refractivity contribution in [1.82, 2.24) is 0 Å². The first-order valence-electron chi connectivity index (χ1n) is 9.19. The van der Waals surface area contributed by atoms with Crippen LogP contribution in [0.15, 0.2) is 103 Å². The number of nitrogen functional groups attached to an aromatic ring is 1. The van der Waals surface area contributed by atoms with Crippen LogP contribution in [0.4, 0.5) is 5.69 Å². The predicted octanol–water partition coefficient (Wildman–Crippen LogP) is 6.44. The molecule has 28 heavy (non-hydrogen) atoms. The lowest BCUT2D eigenvalue weighted by molar-refractivity contribution is 0.460. The minimum atomic E-state index is 0.667. The smallest absolute Gasteiger partial charge is 0.131 e. The largest absolute Gasteiger partial charge is 0.457 e. The predicted molar refractivity (Wildman–Crippen MR) is 113 cm³/mol. The van der Waals surface area contributed by atoms with Gasteiger partial charge >= 0.3 is 0 Å². The average Bonchev–Trinajstić information content (AvgIpc) is 2.69. The molecule has 4 rings (SSSR count). The van der Waals surface area contributed by atoms with Crippen LogP contribution in [-0.2, 0) is 6.42 Å². The summed E-state index contributed by atoms with van der Waals surface area (Å²) in [5.41, 5.74) is 8.96. The van der Waals surface area contributed by atoms with E-state index in [1.807, 2.05) is 60.7 Å². The van der Waals surface area contributed by atoms with E-state index in [-0.39, 0.29) is 0 Å². The summed E-state index contributed by atoms with van der Waals surface area (Å²) in [5.74, 6) is 2.92. The van der Waals surface area contributed by atoms with Crippen LogP contribution >= 0.6 is 0 Å². The van der Waals surface area contributed by atoms with Crippen molar-refractivity contribution in [1.29, 1.82) is 0 Å². The Hall–Kier alpha value is -3.72. The molecule has 0 aliphatic carbocycles. The third kappa shape index (κ3) is 4.71. The standard InChI is InChI=1S/C25H21NO2/c26-21-10-5-12-23(17-21)28-25-14-6-13-24(18-25)27-22-11-4-9-20(16-22)15-19-7-2-1-3-8-19/h1-14,16-18H,15,26H2. The second-order valence-corrected chi connectivity index (χ2v) is 6.56. The number of rotatable bonds is 6. The van der Waals surface area contributed by atoms with Gasteiger partial charge in [-0.15, -0.1) is 0 Å². The number of hydrogen-bond acceptors (Lipinski definition) is 3. The number of ether oxygens (including phenoxy) is 2. The Bertz CT molecular complexity index is 1060. The first-order chi connectivity index (χ1) is 13.7. The fraction of sp³-hybridized carbons (Fsp3) is 0.0400. The zero-order valence-corrected chi connectivity index (χ0v) is 15.4. The van der Waals surface area contributed by atoms with Crippen molar-refractivity contribution in [2.75, 3.05) is 5.73 Å². The quantitative estimate of drug-likeness (QED) is 0.399. The van der Waals surface area contributed by atoms with Crippen molar-refractivity contribution in [3.8, 4) is 23.0 Å². The summed E-state index contributed by atoms with van der Waals surface area (Å²) >= 11 is 0. The van der Waals surface area contributed by atoms with Gasteiger partial charge in [-0.3, -0.25) is 0 Å². The zero-order valence-electron chi connectivity index (χ0n) is 15.4. The molecule has 0 aliphatic rings. The van der Waals surface area contributed by atoms with Crippen LogP contribution in [0.25, 0.3) is 0 Å². The van der Waals surface area contributed by atoms with Gasteiger partial charge in [-0.2, -0.15) is 0 Å². The van der Waals surface area contributed by atoms with Crippen molar-refractivity contribution in [3.05, 3.63) is 114 Å². The minimum absolute atomic E-state index is 0.667. The van der Waals surface area contributed by atoms with E-state index in [9.17, 15) is 0 Å². The van der Waals surface area contributed by atoms with E-state index in [1.165, 1.54) is 11.1 Å². The third-order valence-corrected chi connectivity index (χ3v) is 4.28. The maximum atomic E-state index is 6.05. The van der Waals surface area contributed by atoms with E-state index >= 15 is 0 Å². The van der Waals surface area contributed by atoms with Gasteiger partial charge in [0.25, 0.3) is 0 Å². The Kier molecular flexibility index (Phi) is 5.25. The number of anilines is 1. The summed E-state index contributed by atoms with van der Waals surface area (Å²) in [6.45, 7) is 0. The molecule has 0 saturated heterocycles. The molecule has 0 heterocycles. The lowest BCUT2D eigenvalue weighted by atomic mass is 10.1. The Morgan fingerprint density at radius 1 is 0.500 bits per heavy atom. The summed E-state index contributed by atoms with van der Waals surface area (Å²) in [4.78, 5) is 0. The molecule has 138 valence electrons. The lowest BCUT2D eigenvalue weighted by Gasteiger charge is -2.10. The molecule has 4 aromatic rings. The van der Waals surface area contributed by atoms with E-state index in [0.29, 0.717) is 17.2 Å². The number of hydrogen-bond donors (Lipinski definition) is 1. The molecular weight excluding hydrogens is 346 g/mol. The normalized spacial score (nSPS) is 10.4. The maximum absolute atomic E-state index is 6.05. The van der Waals surface area contributed by atoms with Crippen molar-refractivity contribution in [3.63, 3.8) is 0 Å². The molecule has 0 radical (unpaired) electrons. The van der Waals surface area contributed by atoms with Crippen molar-refractivity contribution >= 4 is 5.69 Å². The molecule has 0 amide bonds. The second-order valence-electron chi connectivity index (χ2n) is 6.56. The molecule has 0 unspecified atom stereocenters. The van der Waals surface area contributed by atoms with Crippen molar-refractivity contribution in [2.24, 2.45) is 0 Å². The van der Waals surface area contributed by atoms with E-state index in [0.717, 1.165) is 17.9 Å². The highest BCUT2D eigenvalue weighted by atomic mass is 16.5. The summed E-state index contributed by atoms with van der Waals surface area (Å²) in [7, 11) is 0. The highest BCUT2D eigenvalue weighted by Crippen LogP contribution is 2.29. The Labute approximate surface area is 165 Å². The van der Waals surface area contributed by atoms with Crippen LogP contribution in [0.2, 0.25) is 0 Å². The molecule has 0 aromatic heterocycles. The zero-order chi connectivity index (χ0) is 19.2. The SMILES string of the molecule is Nc1cccc(Oc2cccc(Oc3cccc(Cc4ccccc4)c3)c2)c1. The molecule has 3 nitrogen and oxygen atoms in total. The van der Waals surface area contributed by atoms with Crippen LogP contribution in [0.5, 0.6) is 23.0 Å². The first-order valence-corrected chi connectivity index (χ1v) is 9.19. The molecular formula is C25H21NO2. The van der Waals surface area contributed by atoms with Gasteiger partial charge in [-0.25, -0.2) is 0 Å². The van der Waals surface area contributed by atoms with Crippen LogP contribution in [-0.4, -0.2) is 0 Å². The Morgan fingerprint density at radius 2 is 1.04 bits per heavy atom. The monoisotopic (exact) mass is 367 g/mol. The van der Waals surface area contributed by atoms with Gasteiger partial charge in [0.05, 0.1) is 0 Å². The molecule has 0 saturated carbocycles. The van der Waals surface area contributed by atoms with Crippen LogP contribution in [0.3, 0.4) is 0 Å². The molecule has 2 N–H and O–H groups in total. The minimum Gasteiger partial charge on any atom is -0.457 e. The van der Waals surface area contributed by atoms with E-state index in [4.69, 9.17) is 15.2 Å². The Balaban J connectivity index is 1.48. The molecule has 4 aromatic carbocycles. The topological polar surface area (TPSA) is 44.5 Å². The molecule has 3 heteroatoms. The molecule has 0 aliphatic heterocycles. The second kappa shape index (κ2) is 8.31. The lowest BCUT2D eigenvalue weighted by Crippen LogP contribution is -1.91. The fourth-order valence-electron chi connectivity index (χ4n) is 3.00. The van der Waals surface area contributed by atoms with E-state index in [1.54, 1.807) is 6.07 Å². The number of benzene rings is 4. The third-order valence-electron chi connectivity index (χ3n) is 4.28. The van der Waals surface area contributed by atoms with Crippen molar-refractivity contribution < 1.29 is 9.47 Å². The first kappa shape index (κ1) is 17.7. The molecule has 0 spiro atoms.